The average Bonchev–Trinajstić information content (AvgIpc) is 3.32. The minimum absolute atomic E-state index is 0.0891. The van der Waals surface area contributed by atoms with Crippen molar-refractivity contribution >= 4 is 16.7 Å². The number of nitrogens with two attached hydrogens (primary N) is 1. The molecule has 3 aromatic rings. The molecule has 1 aliphatic rings. The Morgan fingerprint density at radius 3 is 2.86 bits per heavy atom. The predicted octanol–water partition coefficient (Wildman–Crippen LogP) is 2.99. The fourth-order valence-electron chi connectivity index (χ4n) is 4.18. The van der Waals surface area contributed by atoms with Crippen LogP contribution in [0.15, 0.2) is 60.4 Å². The highest BCUT2D eigenvalue weighted by Crippen LogP contribution is 2.38. The number of rotatable bonds is 11. The van der Waals surface area contributed by atoms with Crippen LogP contribution >= 0.6 is 0 Å². The van der Waals surface area contributed by atoms with E-state index in [9.17, 15) is 5.11 Å². The predicted molar refractivity (Wildman–Crippen MR) is 144 cm³/mol. The van der Waals surface area contributed by atoms with Crippen molar-refractivity contribution in [1.29, 1.82) is 0 Å². The molecule has 37 heavy (non-hydrogen) atoms. The van der Waals surface area contributed by atoms with Crippen molar-refractivity contribution in [1.82, 2.24) is 25.1 Å². The number of nitrogens with one attached hydrogen (secondary N) is 1. The molecule has 10 heteroatoms. The molecule has 0 fully saturated rings. The number of allylic oxidation sites excluding steroid dienone is 1. The van der Waals surface area contributed by atoms with Crippen LogP contribution in [0.1, 0.15) is 37.8 Å². The standard InChI is InChI=1S/C27H35N7O3/c1-5-29-23(20-10-21-14-33-34(15-17(2)16-35)26(21)32-13-20)11-24(28)31-12-18(3)19(4)22-6-7-30-27-25(22)36-8-9-37-27/h5-7,10-11,13-14,17-19,31,35H,1,8-9,12,15-16,28H2,2-4H3/b24-11+,29-23+/t17-,18-,19?/m1/s1. The summed E-state index contributed by atoms with van der Waals surface area (Å²) >= 11 is 0. The maximum atomic E-state index is 9.35. The Morgan fingerprint density at radius 2 is 2.08 bits per heavy atom. The van der Waals surface area contributed by atoms with Gasteiger partial charge in [0.05, 0.1) is 17.7 Å². The number of aliphatic hydroxyl groups is 1. The highest BCUT2D eigenvalue weighted by molar-refractivity contribution is 6.10. The van der Waals surface area contributed by atoms with Gasteiger partial charge in [-0.1, -0.05) is 27.4 Å². The molecule has 3 aromatic heterocycles. The zero-order valence-electron chi connectivity index (χ0n) is 21.6. The Morgan fingerprint density at radius 1 is 1.27 bits per heavy atom. The molecule has 3 atom stereocenters. The Bertz CT molecular complexity index is 1300. The molecular weight excluding hydrogens is 470 g/mol. The number of aliphatic imine (C=N–C) groups is 1. The van der Waals surface area contributed by atoms with Gasteiger partial charge < -0.3 is 25.6 Å². The summed E-state index contributed by atoms with van der Waals surface area (Å²) in [6, 6.07) is 3.96. The Labute approximate surface area is 216 Å². The molecule has 4 N–H and O–H groups in total. The van der Waals surface area contributed by atoms with Crippen LogP contribution in [0.3, 0.4) is 0 Å². The molecule has 10 nitrogen and oxygen atoms in total. The molecule has 4 rings (SSSR count). The van der Waals surface area contributed by atoms with E-state index >= 15 is 0 Å². The topological polar surface area (TPSA) is 133 Å². The van der Waals surface area contributed by atoms with Gasteiger partial charge in [0.2, 0.25) is 0 Å². The summed E-state index contributed by atoms with van der Waals surface area (Å²) in [6.07, 6.45) is 8.53. The molecule has 1 aliphatic heterocycles. The van der Waals surface area contributed by atoms with Gasteiger partial charge in [-0.25, -0.2) is 14.6 Å². The first kappa shape index (κ1) is 26.2. The maximum absolute atomic E-state index is 9.35. The van der Waals surface area contributed by atoms with Crippen LogP contribution in [0, 0.1) is 11.8 Å². The fraction of sp³-hybridized carbons (Fsp3) is 0.407. The lowest BCUT2D eigenvalue weighted by atomic mass is 9.88. The van der Waals surface area contributed by atoms with Crippen LogP contribution in [0.5, 0.6) is 11.6 Å². The summed E-state index contributed by atoms with van der Waals surface area (Å²) in [5, 5.41) is 18.0. The van der Waals surface area contributed by atoms with E-state index in [-0.39, 0.29) is 24.4 Å². The van der Waals surface area contributed by atoms with Gasteiger partial charge in [0.1, 0.15) is 13.2 Å². The third-order valence-electron chi connectivity index (χ3n) is 6.53. The molecular formula is C27H35N7O3. The van der Waals surface area contributed by atoms with Crippen molar-refractivity contribution in [3.8, 4) is 11.6 Å². The molecule has 0 saturated carbocycles. The van der Waals surface area contributed by atoms with Crippen molar-refractivity contribution in [2.24, 2.45) is 22.6 Å². The van der Waals surface area contributed by atoms with Gasteiger partial charge in [0.25, 0.3) is 5.88 Å². The molecule has 0 radical (unpaired) electrons. The van der Waals surface area contributed by atoms with Crippen LogP contribution in [-0.2, 0) is 6.54 Å². The second-order valence-electron chi connectivity index (χ2n) is 9.43. The summed E-state index contributed by atoms with van der Waals surface area (Å²) in [6.45, 7) is 12.4. The molecule has 0 saturated heterocycles. The smallest absolute Gasteiger partial charge is 0.257 e. The zero-order chi connectivity index (χ0) is 26.4. The van der Waals surface area contributed by atoms with Crippen molar-refractivity contribution in [2.45, 2.75) is 33.2 Å². The van der Waals surface area contributed by atoms with Gasteiger partial charge >= 0.3 is 0 Å². The zero-order valence-corrected chi connectivity index (χ0v) is 21.6. The van der Waals surface area contributed by atoms with Crippen molar-refractivity contribution in [2.75, 3.05) is 26.4 Å². The van der Waals surface area contributed by atoms with Crippen LogP contribution in [0.2, 0.25) is 0 Å². The highest BCUT2D eigenvalue weighted by Gasteiger charge is 2.24. The molecule has 0 aromatic carbocycles. The third kappa shape index (κ3) is 6.08. The van der Waals surface area contributed by atoms with E-state index in [1.165, 1.54) is 6.20 Å². The first-order chi connectivity index (χ1) is 17.9. The lowest BCUT2D eigenvalue weighted by Gasteiger charge is -2.26. The fourth-order valence-corrected chi connectivity index (χ4v) is 4.18. The number of ether oxygens (including phenoxy) is 2. The van der Waals surface area contributed by atoms with Crippen LogP contribution in [0.4, 0.5) is 0 Å². The van der Waals surface area contributed by atoms with E-state index in [1.807, 2.05) is 19.1 Å². The normalized spacial score (nSPS) is 16.3. The highest BCUT2D eigenvalue weighted by atomic mass is 16.6. The third-order valence-corrected chi connectivity index (χ3v) is 6.53. The number of nitrogens with zero attached hydrogens (tertiary/aromatic N) is 5. The van der Waals surface area contributed by atoms with Crippen LogP contribution in [0.25, 0.3) is 11.0 Å². The number of fused-ring (bicyclic) bond motifs is 2. The van der Waals surface area contributed by atoms with E-state index < -0.39 is 0 Å². The Hall–Kier alpha value is -3.92. The lowest BCUT2D eigenvalue weighted by Crippen LogP contribution is -2.29. The minimum Gasteiger partial charge on any atom is -0.484 e. The second-order valence-corrected chi connectivity index (χ2v) is 9.43. The molecule has 0 bridgehead atoms. The summed E-state index contributed by atoms with van der Waals surface area (Å²) in [7, 11) is 0. The number of hydrogen-bond acceptors (Lipinski definition) is 9. The van der Waals surface area contributed by atoms with Gasteiger partial charge in [0.15, 0.2) is 11.4 Å². The van der Waals surface area contributed by atoms with E-state index in [0.717, 1.165) is 27.9 Å². The van der Waals surface area contributed by atoms with E-state index in [2.05, 4.69) is 45.8 Å². The van der Waals surface area contributed by atoms with E-state index in [4.69, 9.17) is 15.2 Å². The van der Waals surface area contributed by atoms with Crippen LogP contribution in [-0.4, -0.2) is 56.9 Å². The van der Waals surface area contributed by atoms with Crippen molar-refractivity contribution in [3.05, 3.63) is 66.5 Å². The van der Waals surface area contributed by atoms with Gasteiger partial charge in [-0.05, 0) is 29.9 Å². The number of hydrogen-bond donors (Lipinski definition) is 3. The van der Waals surface area contributed by atoms with Gasteiger partial charge in [-0.15, -0.1) is 0 Å². The summed E-state index contributed by atoms with van der Waals surface area (Å²) < 4.78 is 13.3. The largest absolute Gasteiger partial charge is 0.484 e. The summed E-state index contributed by atoms with van der Waals surface area (Å²) in [5.41, 5.74) is 9.62. The van der Waals surface area contributed by atoms with Gasteiger partial charge in [-0.3, -0.25) is 4.99 Å². The average molecular weight is 506 g/mol. The SMILES string of the molecule is C=C/N=C(\C=C(/N)NC[C@@H](C)C(C)c1ccnc2c1OCCO2)c1cnc2c(cnn2C[C@@H](C)CO)c1. The molecule has 0 amide bonds. The van der Waals surface area contributed by atoms with Crippen molar-refractivity contribution in [3.63, 3.8) is 0 Å². The van der Waals surface area contributed by atoms with Crippen molar-refractivity contribution < 1.29 is 14.6 Å². The van der Waals surface area contributed by atoms with Gasteiger partial charge in [-0.2, -0.15) is 5.10 Å². The second kappa shape index (κ2) is 11.9. The number of aromatic nitrogens is 4. The Kier molecular flexibility index (Phi) is 8.39. The molecule has 4 heterocycles. The quantitative estimate of drug-likeness (QED) is 0.339. The number of aliphatic hydroxyl groups excluding tert-OH is 1. The summed E-state index contributed by atoms with van der Waals surface area (Å²) in [5.74, 6) is 2.30. The maximum Gasteiger partial charge on any atom is 0.257 e. The lowest BCUT2D eigenvalue weighted by molar-refractivity contribution is 0.161. The van der Waals surface area contributed by atoms with Crippen LogP contribution < -0.4 is 20.5 Å². The Balaban J connectivity index is 1.45. The first-order valence-electron chi connectivity index (χ1n) is 12.5. The molecule has 0 spiro atoms. The first-order valence-corrected chi connectivity index (χ1v) is 12.5. The molecule has 1 unspecified atom stereocenters. The van der Waals surface area contributed by atoms with E-state index in [1.54, 1.807) is 29.3 Å². The molecule has 0 aliphatic carbocycles. The summed E-state index contributed by atoms with van der Waals surface area (Å²) in [4.78, 5) is 13.3. The van der Waals surface area contributed by atoms with E-state index in [0.29, 0.717) is 43.7 Å². The minimum atomic E-state index is 0.0891. The van der Waals surface area contributed by atoms with Gasteiger partial charge in [0, 0.05) is 60.9 Å². The number of pyridine rings is 2. The monoisotopic (exact) mass is 505 g/mol. The molecule has 196 valence electrons.